The van der Waals surface area contributed by atoms with Gasteiger partial charge in [0, 0.05) is 22.7 Å². The summed E-state index contributed by atoms with van der Waals surface area (Å²) in [5.74, 6) is -0.0714. The van der Waals surface area contributed by atoms with Gasteiger partial charge in [-0.25, -0.2) is 0 Å². The van der Waals surface area contributed by atoms with E-state index in [-0.39, 0.29) is 5.92 Å². The molecule has 0 aromatic heterocycles. The van der Waals surface area contributed by atoms with Crippen molar-refractivity contribution >= 4 is 49.4 Å². The van der Waals surface area contributed by atoms with Crippen molar-refractivity contribution in [2.75, 3.05) is 4.90 Å². The summed E-state index contributed by atoms with van der Waals surface area (Å²) in [5.41, 5.74) is 24.1. The minimum Gasteiger partial charge on any atom is -0.310 e. The van der Waals surface area contributed by atoms with Crippen molar-refractivity contribution < 1.29 is 0 Å². The number of nitrogens with zero attached hydrogens (tertiary/aromatic N) is 1. The first-order valence-corrected chi connectivity index (χ1v) is 28.8. The number of rotatable bonds is 10. The molecule has 0 heterocycles. The molecule has 386 valence electrons. The molecule has 14 aromatic rings. The van der Waals surface area contributed by atoms with Gasteiger partial charge in [0.2, 0.25) is 0 Å². The highest BCUT2D eigenvalue weighted by Gasteiger charge is 2.47. The molecule has 1 heteroatoms. The van der Waals surface area contributed by atoms with Gasteiger partial charge in [0.25, 0.3) is 0 Å². The number of fused-ring (bicyclic) bond motifs is 6. The van der Waals surface area contributed by atoms with Gasteiger partial charge in [-0.3, -0.25) is 0 Å². The second-order valence-electron chi connectivity index (χ2n) is 22.8. The smallest absolute Gasteiger partial charge is 0.0714 e. The molecule has 0 N–H and O–H groups in total. The second-order valence-corrected chi connectivity index (χ2v) is 22.8. The van der Waals surface area contributed by atoms with E-state index in [0.29, 0.717) is 0 Å². The monoisotopic (exact) mass is 1040 g/mol. The predicted molar refractivity (Wildman–Crippen MR) is 343 cm³/mol. The van der Waals surface area contributed by atoms with E-state index in [4.69, 9.17) is 0 Å². The summed E-state index contributed by atoms with van der Waals surface area (Å²) >= 11 is 0. The van der Waals surface area contributed by atoms with Crippen LogP contribution in [-0.4, -0.2) is 0 Å². The lowest BCUT2D eigenvalue weighted by molar-refractivity contribution is 0.764. The van der Waals surface area contributed by atoms with Gasteiger partial charge in [0.1, 0.15) is 0 Å². The third-order valence-corrected chi connectivity index (χ3v) is 18.4. The van der Waals surface area contributed by atoms with Crippen molar-refractivity contribution in [3.8, 4) is 22.3 Å². The minimum atomic E-state index is -0.538. The molecule has 0 spiro atoms. The number of anilines is 3. The van der Waals surface area contributed by atoms with E-state index in [0.717, 1.165) is 17.1 Å². The first kappa shape index (κ1) is 47.9. The summed E-state index contributed by atoms with van der Waals surface area (Å²) in [4.78, 5) is 2.51. The molecule has 14 aromatic carbocycles. The molecular weight excluding hydrogens is 987 g/mol. The van der Waals surface area contributed by atoms with Gasteiger partial charge in [0.15, 0.2) is 0 Å². The lowest BCUT2D eigenvalue weighted by Crippen LogP contribution is -2.28. The van der Waals surface area contributed by atoms with Crippen molar-refractivity contribution in [3.63, 3.8) is 0 Å². The van der Waals surface area contributed by atoms with E-state index in [2.05, 4.69) is 322 Å². The van der Waals surface area contributed by atoms with Gasteiger partial charge in [-0.1, -0.05) is 279 Å². The lowest BCUT2D eigenvalue weighted by atomic mass is 9.67. The molecule has 0 saturated heterocycles. The summed E-state index contributed by atoms with van der Waals surface area (Å²) in [5, 5.41) is 7.52. The van der Waals surface area contributed by atoms with Gasteiger partial charge in [-0.2, -0.15) is 0 Å². The molecular formula is C81H57N. The fraction of sp³-hybridized carbons (Fsp3) is 0.0617. The van der Waals surface area contributed by atoms with Gasteiger partial charge in [0.05, 0.1) is 16.5 Å². The number of aryl methyl sites for hydroxylation is 2. The van der Waals surface area contributed by atoms with Crippen LogP contribution >= 0.6 is 0 Å². The van der Waals surface area contributed by atoms with Crippen LogP contribution in [0, 0.1) is 13.8 Å². The normalized spacial score (nSPS) is 13.9. The van der Waals surface area contributed by atoms with E-state index in [1.165, 1.54) is 127 Å². The van der Waals surface area contributed by atoms with Crippen LogP contribution < -0.4 is 4.90 Å². The highest BCUT2D eigenvalue weighted by molar-refractivity contribution is 6.26. The maximum atomic E-state index is 2.54. The Balaban J connectivity index is 0.909. The highest BCUT2D eigenvalue weighted by Crippen LogP contribution is 2.59. The first-order valence-electron chi connectivity index (χ1n) is 28.8. The van der Waals surface area contributed by atoms with E-state index < -0.39 is 10.8 Å². The Labute approximate surface area is 480 Å². The lowest BCUT2D eigenvalue weighted by Gasteiger charge is -2.35. The molecule has 1 nitrogen and oxygen atoms in total. The Hall–Kier alpha value is -10.1. The summed E-state index contributed by atoms with van der Waals surface area (Å²) in [6, 6.07) is 115. The number of hydrogen-bond donors (Lipinski definition) is 0. The van der Waals surface area contributed by atoms with E-state index in [9.17, 15) is 0 Å². The molecule has 82 heavy (non-hydrogen) atoms. The zero-order valence-electron chi connectivity index (χ0n) is 45.9. The molecule has 2 aliphatic carbocycles. The van der Waals surface area contributed by atoms with Gasteiger partial charge in [-0.05, 0) is 160 Å². The molecule has 0 fully saturated rings. The average Bonchev–Trinajstić information content (AvgIpc) is 2.19. The van der Waals surface area contributed by atoms with E-state index >= 15 is 0 Å². The van der Waals surface area contributed by atoms with Crippen LogP contribution in [0.15, 0.2) is 303 Å². The molecule has 1 unspecified atom stereocenters. The number of benzene rings is 14. The SMILES string of the molecule is Cc1cccc(C(c2cccc(C3(c4ccccc4)c4ccccc4-c4ccccc43)c2)c2ccc3ccc4c(N(c5cccc(C)c5)c5cccc(C6(c7ccccc7)c7ccccc7-c7ccccc76)c5)ccc5ccc2c3c54)c1. The largest absolute Gasteiger partial charge is 0.310 e. The Kier molecular flexibility index (Phi) is 11.0. The second kappa shape index (κ2) is 18.8. The van der Waals surface area contributed by atoms with Crippen LogP contribution in [-0.2, 0) is 10.8 Å². The van der Waals surface area contributed by atoms with E-state index in [1.807, 2.05) is 0 Å². The highest BCUT2D eigenvalue weighted by atomic mass is 15.1. The van der Waals surface area contributed by atoms with Crippen molar-refractivity contribution in [3.05, 3.63) is 376 Å². The zero-order valence-corrected chi connectivity index (χ0v) is 45.9. The van der Waals surface area contributed by atoms with Crippen LogP contribution in [0.4, 0.5) is 17.1 Å². The average molecular weight is 1040 g/mol. The topological polar surface area (TPSA) is 3.24 Å². The van der Waals surface area contributed by atoms with Gasteiger partial charge in [-0.15, -0.1) is 0 Å². The predicted octanol–water partition coefficient (Wildman–Crippen LogP) is 20.6. The van der Waals surface area contributed by atoms with Crippen LogP contribution in [0.2, 0.25) is 0 Å². The van der Waals surface area contributed by atoms with Crippen LogP contribution in [0.5, 0.6) is 0 Å². The third kappa shape index (κ3) is 6.99. The maximum Gasteiger partial charge on any atom is 0.0714 e. The Morgan fingerprint density at radius 3 is 1.24 bits per heavy atom. The van der Waals surface area contributed by atoms with Crippen molar-refractivity contribution in [2.45, 2.75) is 30.6 Å². The summed E-state index contributed by atoms with van der Waals surface area (Å²) in [6.07, 6.45) is 0. The summed E-state index contributed by atoms with van der Waals surface area (Å²) < 4.78 is 0. The van der Waals surface area contributed by atoms with Crippen LogP contribution in [0.3, 0.4) is 0 Å². The number of hydrogen-bond acceptors (Lipinski definition) is 1. The van der Waals surface area contributed by atoms with Crippen molar-refractivity contribution in [2.24, 2.45) is 0 Å². The summed E-state index contributed by atoms with van der Waals surface area (Å²) in [7, 11) is 0. The third-order valence-electron chi connectivity index (χ3n) is 18.4. The maximum absolute atomic E-state index is 2.54. The molecule has 0 bridgehead atoms. The Bertz CT molecular complexity index is 4400. The minimum absolute atomic E-state index is 0.0714. The zero-order chi connectivity index (χ0) is 54.5. The van der Waals surface area contributed by atoms with Gasteiger partial charge >= 0.3 is 0 Å². The fourth-order valence-electron chi connectivity index (χ4n) is 15.1. The molecule has 1 atom stereocenters. The summed E-state index contributed by atoms with van der Waals surface area (Å²) in [6.45, 7) is 4.43. The molecule has 0 amide bonds. The molecule has 16 rings (SSSR count). The van der Waals surface area contributed by atoms with Crippen LogP contribution in [0.25, 0.3) is 54.6 Å². The molecule has 0 radical (unpaired) electrons. The fourth-order valence-corrected chi connectivity index (χ4v) is 15.1. The Morgan fingerprint density at radius 1 is 0.293 bits per heavy atom. The Morgan fingerprint density at radius 2 is 0.695 bits per heavy atom. The molecule has 0 aliphatic heterocycles. The van der Waals surface area contributed by atoms with E-state index in [1.54, 1.807) is 0 Å². The van der Waals surface area contributed by atoms with Crippen molar-refractivity contribution in [1.82, 2.24) is 0 Å². The van der Waals surface area contributed by atoms with Crippen molar-refractivity contribution in [1.29, 1.82) is 0 Å². The van der Waals surface area contributed by atoms with Gasteiger partial charge < -0.3 is 4.90 Å². The first-order chi connectivity index (χ1) is 40.5. The molecule has 0 saturated carbocycles. The van der Waals surface area contributed by atoms with Crippen LogP contribution in [0.1, 0.15) is 78.2 Å². The standard InChI is InChI=1S/C81H57N/c1-53-21-17-23-57(49-53)77(58-24-19-29-61(51-58)80(59-25-5-3-6-26-59)72-37-13-9-33-65(72)66-34-10-14-38-73(66)80)69-45-41-55-43-47-71-76(48-44-56-42-46-70(69)78(55)79(56)71)82(63-31-18-22-54(2)50-63)64-32-20-30-62(52-64)81(60-27-7-4-8-28-60)74-39-15-11-35-67(74)68-36-12-16-40-75(68)81/h3-52,77H,1-2H3. The molecule has 2 aliphatic rings. The quantitative estimate of drug-likeness (QED) is 0.0975.